The van der Waals surface area contributed by atoms with E-state index in [1.54, 1.807) is 0 Å². The molecule has 13 heavy (non-hydrogen) atoms. The second-order valence-corrected chi connectivity index (χ2v) is 2.04. The number of hydrogen-bond acceptors (Lipinski definition) is 3. The minimum atomic E-state index is -3.21. The Labute approximate surface area is 72.4 Å². The zero-order valence-electron chi connectivity index (χ0n) is 6.47. The normalized spacial score (nSPS) is 11.9. The number of nitriles is 1. The van der Waals surface area contributed by atoms with Gasteiger partial charge in [0, 0.05) is 0 Å². The Kier molecular flexibility index (Phi) is 4.59. The van der Waals surface area contributed by atoms with Crippen molar-refractivity contribution in [3.05, 3.63) is 12.2 Å². The largest absolute Gasteiger partial charge is 0.458 e. The molecule has 0 aromatic carbocycles. The molecular formula is C7H6F3NO2. The minimum Gasteiger partial charge on any atom is -0.458 e. The van der Waals surface area contributed by atoms with Gasteiger partial charge >= 0.3 is 5.97 Å². The Balaban J connectivity index is 3.85. The van der Waals surface area contributed by atoms with Gasteiger partial charge in [-0.05, 0) is 0 Å². The second kappa shape index (κ2) is 5.19. The average molecular weight is 193 g/mol. The topological polar surface area (TPSA) is 50.1 Å². The molecular weight excluding hydrogens is 187 g/mol. The molecule has 1 unspecified atom stereocenters. The van der Waals surface area contributed by atoms with Crippen molar-refractivity contribution < 1.29 is 22.7 Å². The van der Waals surface area contributed by atoms with Gasteiger partial charge in [-0.25, -0.2) is 18.0 Å². The Morgan fingerprint density at radius 1 is 1.54 bits per heavy atom. The molecule has 0 spiro atoms. The van der Waals surface area contributed by atoms with Crippen molar-refractivity contribution in [1.29, 1.82) is 5.26 Å². The lowest BCUT2D eigenvalue weighted by atomic mass is 10.3. The molecule has 6 heteroatoms. The molecule has 0 heterocycles. The van der Waals surface area contributed by atoms with Crippen LogP contribution in [-0.2, 0) is 9.53 Å². The predicted octanol–water partition coefficient (Wildman–Crippen LogP) is 1.21. The van der Waals surface area contributed by atoms with E-state index in [1.165, 1.54) is 6.07 Å². The molecule has 0 aliphatic heterocycles. The van der Waals surface area contributed by atoms with Gasteiger partial charge in [0.05, 0.1) is 0 Å². The Morgan fingerprint density at radius 2 is 2.08 bits per heavy atom. The van der Waals surface area contributed by atoms with Crippen LogP contribution < -0.4 is 0 Å². The lowest BCUT2D eigenvalue weighted by Gasteiger charge is -2.06. The molecule has 72 valence electrons. The Morgan fingerprint density at radius 3 is 2.46 bits per heavy atom. The number of esters is 1. The summed E-state index contributed by atoms with van der Waals surface area (Å²) < 4.78 is 39.1. The molecule has 0 saturated heterocycles. The summed E-state index contributed by atoms with van der Waals surface area (Å²) >= 11 is 0. The fourth-order valence-corrected chi connectivity index (χ4v) is 0.361. The van der Waals surface area contributed by atoms with Gasteiger partial charge in [-0.15, -0.1) is 0 Å². The lowest BCUT2D eigenvalue weighted by Crippen LogP contribution is -2.21. The highest BCUT2D eigenvalue weighted by atomic mass is 19.3. The van der Waals surface area contributed by atoms with Crippen LogP contribution in [-0.4, -0.2) is 25.2 Å². The fourth-order valence-electron chi connectivity index (χ4n) is 0.361. The number of carbonyl (C=O) groups is 1. The van der Waals surface area contributed by atoms with Gasteiger partial charge in [0.15, 0.2) is 6.17 Å². The van der Waals surface area contributed by atoms with Gasteiger partial charge in [0.2, 0.25) is 0 Å². The van der Waals surface area contributed by atoms with Crippen molar-refractivity contribution in [2.24, 2.45) is 0 Å². The number of alkyl halides is 3. The lowest BCUT2D eigenvalue weighted by molar-refractivity contribution is -0.142. The van der Waals surface area contributed by atoms with E-state index in [4.69, 9.17) is 5.26 Å². The first kappa shape index (κ1) is 11.5. The molecule has 0 saturated carbocycles. The number of nitrogens with zero attached hydrogens (tertiary/aromatic N) is 1. The van der Waals surface area contributed by atoms with E-state index in [2.05, 4.69) is 11.3 Å². The van der Waals surface area contributed by atoms with Gasteiger partial charge < -0.3 is 4.74 Å². The molecule has 0 fully saturated rings. The zero-order valence-corrected chi connectivity index (χ0v) is 6.47. The minimum absolute atomic E-state index is 0.554. The van der Waals surface area contributed by atoms with Crippen molar-refractivity contribution in [3.63, 3.8) is 0 Å². The van der Waals surface area contributed by atoms with E-state index in [1.807, 2.05) is 0 Å². The van der Waals surface area contributed by atoms with Gasteiger partial charge in [-0.3, -0.25) is 0 Å². The SMILES string of the molecule is C=C(C#N)C(=O)OCC(F)C(F)F. The summed E-state index contributed by atoms with van der Waals surface area (Å²) in [5, 5.41) is 8.09. The van der Waals surface area contributed by atoms with E-state index in [9.17, 15) is 18.0 Å². The van der Waals surface area contributed by atoms with Gasteiger partial charge in [-0.1, -0.05) is 6.58 Å². The molecule has 0 aliphatic carbocycles. The number of ether oxygens (including phenoxy) is 1. The maximum absolute atomic E-state index is 12.1. The van der Waals surface area contributed by atoms with Crippen molar-refractivity contribution >= 4 is 5.97 Å². The van der Waals surface area contributed by atoms with Crippen LogP contribution in [0.4, 0.5) is 13.2 Å². The third-order valence-electron chi connectivity index (χ3n) is 1.03. The highest BCUT2D eigenvalue weighted by Crippen LogP contribution is 2.06. The highest BCUT2D eigenvalue weighted by Gasteiger charge is 2.21. The average Bonchev–Trinajstić information content (AvgIpc) is 2.11. The number of hydrogen-bond donors (Lipinski definition) is 0. The van der Waals surface area contributed by atoms with E-state index >= 15 is 0 Å². The molecule has 0 aromatic heterocycles. The maximum atomic E-state index is 12.1. The van der Waals surface area contributed by atoms with Crippen LogP contribution in [0.25, 0.3) is 0 Å². The molecule has 0 aliphatic rings. The summed E-state index contributed by atoms with van der Waals surface area (Å²) in [5.41, 5.74) is -0.554. The molecule has 0 rings (SSSR count). The molecule has 0 N–H and O–H groups in total. The maximum Gasteiger partial charge on any atom is 0.348 e. The second-order valence-electron chi connectivity index (χ2n) is 2.04. The van der Waals surface area contributed by atoms with Crippen molar-refractivity contribution in [3.8, 4) is 6.07 Å². The number of rotatable bonds is 4. The van der Waals surface area contributed by atoms with Crippen LogP contribution in [0.3, 0.4) is 0 Å². The first-order chi connectivity index (χ1) is 5.99. The fraction of sp³-hybridized carbons (Fsp3) is 0.429. The van der Waals surface area contributed by atoms with Crippen LogP contribution in [0, 0.1) is 11.3 Å². The molecule has 0 amide bonds. The smallest absolute Gasteiger partial charge is 0.348 e. The third kappa shape index (κ3) is 4.15. The van der Waals surface area contributed by atoms with E-state index in [0.717, 1.165) is 0 Å². The first-order valence-electron chi connectivity index (χ1n) is 3.17. The highest BCUT2D eigenvalue weighted by molar-refractivity contribution is 5.91. The standard InChI is InChI=1S/C7H6F3NO2/c1-4(2-11)7(12)13-3-5(8)6(9)10/h5-6H,1,3H2. The van der Waals surface area contributed by atoms with Gasteiger partial charge in [0.25, 0.3) is 6.43 Å². The number of carbonyl (C=O) groups excluding carboxylic acids is 1. The quantitative estimate of drug-likeness (QED) is 0.383. The molecule has 0 bridgehead atoms. The van der Waals surface area contributed by atoms with Gasteiger partial charge in [-0.2, -0.15) is 5.26 Å². The summed E-state index contributed by atoms with van der Waals surface area (Å²) in [4.78, 5) is 10.5. The molecule has 0 aromatic rings. The Bertz CT molecular complexity index is 247. The summed E-state index contributed by atoms with van der Waals surface area (Å²) in [5.74, 6) is -1.19. The summed E-state index contributed by atoms with van der Waals surface area (Å²) in [6.07, 6.45) is -5.74. The van der Waals surface area contributed by atoms with E-state index in [0.29, 0.717) is 0 Å². The zero-order chi connectivity index (χ0) is 10.4. The molecule has 1 atom stereocenters. The number of halogens is 3. The summed E-state index contributed by atoms with van der Waals surface area (Å²) in [7, 11) is 0. The first-order valence-corrected chi connectivity index (χ1v) is 3.17. The van der Waals surface area contributed by atoms with Crippen LogP contribution >= 0.6 is 0 Å². The molecule has 0 radical (unpaired) electrons. The van der Waals surface area contributed by atoms with Gasteiger partial charge in [0.1, 0.15) is 18.2 Å². The third-order valence-corrected chi connectivity index (χ3v) is 1.03. The van der Waals surface area contributed by atoms with Crippen LogP contribution in [0.5, 0.6) is 0 Å². The van der Waals surface area contributed by atoms with Crippen LogP contribution in [0.15, 0.2) is 12.2 Å². The summed E-state index contributed by atoms with van der Waals surface area (Å²) in [6, 6.07) is 1.34. The van der Waals surface area contributed by atoms with Crippen molar-refractivity contribution in [1.82, 2.24) is 0 Å². The van der Waals surface area contributed by atoms with E-state index < -0.39 is 30.7 Å². The monoisotopic (exact) mass is 193 g/mol. The van der Waals surface area contributed by atoms with E-state index in [-0.39, 0.29) is 0 Å². The Hall–Kier alpha value is -1.51. The summed E-state index contributed by atoms with van der Waals surface area (Å²) in [6.45, 7) is 1.88. The van der Waals surface area contributed by atoms with Crippen molar-refractivity contribution in [2.45, 2.75) is 12.6 Å². The van der Waals surface area contributed by atoms with Crippen LogP contribution in [0.1, 0.15) is 0 Å². The van der Waals surface area contributed by atoms with Crippen LogP contribution in [0.2, 0.25) is 0 Å². The van der Waals surface area contributed by atoms with Crippen molar-refractivity contribution in [2.75, 3.05) is 6.61 Å². The predicted molar refractivity (Wildman–Crippen MR) is 36.6 cm³/mol. The molecule has 3 nitrogen and oxygen atoms in total.